The third-order valence-corrected chi connectivity index (χ3v) is 3.67. The van der Waals surface area contributed by atoms with Gasteiger partial charge < -0.3 is 14.6 Å². The quantitative estimate of drug-likeness (QED) is 0.765. The van der Waals surface area contributed by atoms with E-state index in [0.29, 0.717) is 5.56 Å². The Morgan fingerprint density at radius 2 is 2.00 bits per heavy atom. The number of benzene rings is 1. The molecule has 0 unspecified atom stereocenters. The van der Waals surface area contributed by atoms with Crippen molar-refractivity contribution >= 4 is 21.7 Å². The lowest BCUT2D eigenvalue weighted by molar-refractivity contribution is 0.0656. The van der Waals surface area contributed by atoms with Crippen LogP contribution in [0.1, 0.15) is 16.1 Å². The van der Waals surface area contributed by atoms with Gasteiger partial charge in [0.25, 0.3) is 10.0 Å². The number of carboxylic acid groups (broad SMARTS) is 1. The molecule has 0 bridgehead atoms. The number of furan rings is 1. The summed E-state index contributed by atoms with van der Waals surface area (Å²) in [5.41, 5.74) is 0.778. The zero-order chi connectivity index (χ0) is 14.8. The lowest BCUT2D eigenvalue weighted by atomic mass is 10.2. The summed E-state index contributed by atoms with van der Waals surface area (Å²) in [6, 6.07) is 8.28. The third kappa shape index (κ3) is 2.98. The van der Waals surface area contributed by atoms with E-state index in [1.165, 1.54) is 12.1 Å². The van der Waals surface area contributed by atoms with Gasteiger partial charge in [-0.1, -0.05) is 12.1 Å². The Bertz CT molecular complexity index is 734. The van der Waals surface area contributed by atoms with Crippen LogP contribution in [-0.2, 0) is 16.6 Å². The number of anilines is 1. The number of hydrogen-bond acceptors (Lipinski definition) is 5. The average molecular weight is 297 g/mol. The molecule has 0 radical (unpaired) electrons. The van der Waals surface area contributed by atoms with Crippen LogP contribution < -0.4 is 4.72 Å². The highest BCUT2D eigenvalue weighted by Crippen LogP contribution is 2.19. The molecule has 0 aliphatic rings. The minimum Gasteiger partial charge on any atom is -0.475 e. The molecule has 0 aliphatic carbocycles. The Morgan fingerprint density at radius 1 is 1.25 bits per heavy atom. The number of hydrogen-bond donors (Lipinski definition) is 3. The molecule has 0 saturated carbocycles. The molecule has 20 heavy (non-hydrogen) atoms. The number of aliphatic hydroxyl groups is 1. The van der Waals surface area contributed by atoms with E-state index in [2.05, 4.69) is 4.72 Å². The Hall–Kier alpha value is -2.32. The first kappa shape index (κ1) is 14.1. The van der Waals surface area contributed by atoms with E-state index in [9.17, 15) is 13.2 Å². The molecule has 106 valence electrons. The van der Waals surface area contributed by atoms with Crippen LogP contribution in [0.25, 0.3) is 0 Å². The fourth-order valence-corrected chi connectivity index (χ4v) is 2.50. The van der Waals surface area contributed by atoms with Gasteiger partial charge in [0.2, 0.25) is 10.9 Å². The molecule has 3 N–H and O–H groups in total. The van der Waals surface area contributed by atoms with Crippen LogP contribution in [0.15, 0.2) is 45.9 Å². The molecule has 1 aromatic heterocycles. The van der Waals surface area contributed by atoms with Crippen molar-refractivity contribution in [3.8, 4) is 0 Å². The van der Waals surface area contributed by atoms with Crippen molar-refractivity contribution in [1.82, 2.24) is 0 Å². The van der Waals surface area contributed by atoms with E-state index in [0.717, 1.165) is 12.1 Å². The summed E-state index contributed by atoms with van der Waals surface area (Å²) in [6.07, 6.45) is 0. The van der Waals surface area contributed by atoms with E-state index in [-0.39, 0.29) is 12.3 Å². The van der Waals surface area contributed by atoms with Gasteiger partial charge in [-0.05, 0) is 29.8 Å². The highest BCUT2D eigenvalue weighted by atomic mass is 32.2. The molecule has 0 aliphatic heterocycles. The zero-order valence-electron chi connectivity index (χ0n) is 10.1. The van der Waals surface area contributed by atoms with Gasteiger partial charge in [-0.15, -0.1) is 0 Å². The van der Waals surface area contributed by atoms with Gasteiger partial charge in [-0.2, -0.15) is 8.42 Å². The summed E-state index contributed by atoms with van der Waals surface area (Å²) >= 11 is 0. The summed E-state index contributed by atoms with van der Waals surface area (Å²) < 4.78 is 30.9. The summed E-state index contributed by atoms with van der Waals surface area (Å²) in [5, 5.41) is 17.2. The molecule has 0 saturated heterocycles. The molecule has 0 amide bonds. The van der Waals surface area contributed by atoms with Gasteiger partial charge in [0, 0.05) is 5.69 Å². The van der Waals surface area contributed by atoms with E-state index in [1.807, 2.05) is 0 Å². The Balaban J connectivity index is 2.27. The van der Waals surface area contributed by atoms with Crippen molar-refractivity contribution in [2.24, 2.45) is 0 Å². The Morgan fingerprint density at radius 3 is 2.60 bits per heavy atom. The number of rotatable bonds is 5. The molecular weight excluding hydrogens is 286 g/mol. The zero-order valence-corrected chi connectivity index (χ0v) is 10.9. The van der Waals surface area contributed by atoms with Crippen molar-refractivity contribution in [2.75, 3.05) is 4.72 Å². The molecule has 7 nitrogen and oxygen atoms in total. The lowest BCUT2D eigenvalue weighted by Crippen LogP contribution is -2.12. The molecule has 0 atom stereocenters. The van der Waals surface area contributed by atoms with Gasteiger partial charge in [0.15, 0.2) is 0 Å². The number of sulfonamides is 1. The van der Waals surface area contributed by atoms with Crippen molar-refractivity contribution in [3.05, 3.63) is 47.7 Å². The van der Waals surface area contributed by atoms with Crippen molar-refractivity contribution in [1.29, 1.82) is 0 Å². The second-order valence-corrected chi connectivity index (χ2v) is 5.50. The SMILES string of the molecule is O=C(O)c1ccc(S(=O)(=O)Nc2cccc(CO)c2)o1. The lowest BCUT2D eigenvalue weighted by Gasteiger charge is -2.06. The van der Waals surface area contributed by atoms with Crippen LogP contribution in [-0.4, -0.2) is 24.6 Å². The second kappa shape index (κ2) is 5.35. The van der Waals surface area contributed by atoms with Crippen LogP contribution in [0.5, 0.6) is 0 Å². The molecule has 0 spiro atoms. The number of aliphatic hydroxyl groups excluding tert-OH is 1. The third-order valence-electron chi connectivity index (χ3n) is 2.42. The van der Waals surface area contributed by atoms with Crippen LogP contribution in [0.3, 0.4) is 0 Å². The van der Waals surface area contributed by atoms with Gasteiger partial charge >= 0.3 is 5.97 Å². The van der Waals surface area contributed by atoms with Crippen molar-refractivity contribution in [2.45, 2.75) is 11.7 Å². The monoisotopic (exact) mass is 297 g/mol. The van der Waals surface area contributed by atoms with Gasteiger partial charge in [-0.25, -0.2) is 4.79 Å². The molecule has 8 heteroatoms. The first-order chi connectivity index (χ1) is 9.42. The number of carbonyl (C=O) groups is 1. The first-order valence-corrected chi connectivity index (χ1v) is 6.96. The molecule has 0 fully saturated rings. The summed E-state index contributed by atoms with van der Waals surface area (Å²) in [7, 11) is -4.01. The number of aromatic carboxylic acids is 1. The normalized spacial score (nSPS) is 11.2. The van der Waals surface area contributed by atoms with Crippen LogP contribution in [0.2, 0.25) is 0 Å². The molecule has 1 heterocycles. The maximum Gasteiger partial charge on any atom is 0.371 e. The molecule has 2 aromatic rings. The Kier molecular flexibility index (Phi) is 3.77. The highest BCUT2D eigenvalue weighted by molar-refractivity contribution is 7.92. The van der Waals surface area contributed by atoms with Gasteiger partial charge in [-0.3, -0.25) is 4.72 Å². The predicted octanol–water partition coefficient (Wildman–Crippen LogP) is 1.27. The second-order valence-electron chi connectivity index (χ2n) is 3.89. The average Bonchev–Trinajstić information content (AvgIpc) is 2.89. The van der Waals surface area contributed by atoms with Gasteiger partial charge in [0.05, 0.1) is 6.61 Å². The predicted molar refractivity (Wildman–Crippen MR) is 68.8 cm³/mol. The van der Waals surface area contributed by atoms with E-state index >= 15 is 0 Å². The molecular formula is C12H11NO6S. The molecule has 1 aromatic carbocycles. The maximum absolute atomic E-state index is 12.0. The Labute approximate surface area is 114 Å². The topological polar surface area (TPSA) is 117 Å². The van der Waals surface area contributed by atoms with E-state index in [4.69, 9.17) is 14.6 Å². The van der Waals surface area contributed by atoms with Gasteiger partial charge in [0.1, 0.15) is 0 Å². The number of carboxylic acids is 1. The first-order valence-electron chi connectivity index (χ1n) is 5.48. The smallest absolute Gasteiger partial charge is 0.371 e. The van der Waals surface area contributed by atoms with E-state index in [1.54, 1.807) is 12.1 Å². The summed E-state index contributed by atoms with van der Waals surface area (Å²) in [5.74, 6) is -1.82. The molecule has 2 rings (SSSR count). The fourth-order valence-electron chi connectivity index (χ4n) is 1.52. The standard InChI is InChI=1S/C12H11NO6S/c14-7-8-2-1-3-9(6-8)13-20(17,18)11-5-4-10(19-11)12(15)16/h1-6,13-14H,7H2,(H,15,16). The maximum atomic E-state index is 12.0. The van der Waals surface area contributed by atoms with Crippen LogP contribution in [0, 0.1) is 0 Å². The van der Waals surface area contributed by atoms with Crippen molar-refractivity contribution < 1.29 is 27.8 Å². The van der Waals surface area contributed by atoms with E-state index < -0.39 is 26.8 Å². The minimum absolute atomic E-state index is 0.223. The van der Waals surface area contributed by atoms with Crippen LogP contribution in [0.4, 0.5) is 5.69 Å². The minimum atomic E-state index is -4.01. The fraction of sp³-hybridized carbons (Fsp3) is 0.0833. The largest absolute Gasteiger partial charge is 0.475 e. The summed E-state index contributed by atoms with van der Waals surface area (Å²) in [4.78, 5) is 10.6. The highest BCUT2D eigenvalue weighted by Gasteiger charge is 2.21. The van der Waals surface area contributed by atoms with Crippen molar-refractivity contribution in [3.63, 3.8) is 0 Å². The van der Waals surface area contributed by atoms with Crippen LogP contribution >= 0.6 is 0 Å². The summed E-state index contributed by atoms with van der Waals surface area (Å²) in [6.45, 7) is -0.223. The number of nitrogens with one attached hydrogen (secondary N) is 1.